The minimum atomic E-state index is -0.0445. The summed E-state index contributed by atoms with van der Waals surface area (Å²) in [5, 5.41) is 3.09. The molecule has 27 heavy (non-hydrogen) atoms. The van der Waals surface area contributed by atoms with Crippen LogP contribution in [0.4, 0.5) is 16.3 Å². The lowest BCUT2D eigenvalue weighted by atomic mass is 9.98. The number of hydrogen-bond donors (Lipinski definition) is 1. The van der Waals surface area contributed by atoms with Crippen LogP contribution in [-0.2, 0) is 17.6 Å². The van der Waals surface area contributed by atoms with Gasteiger partial charge in [0.25, 0.3) is 0 Å². The molecule has 0 unspecified atom stereocenters. The molecule has 1 aromatic carbocycles. The highest BCUT2D eigenvalue weighted by Gasteiger charge is 2.21. The second-order valence-corrected chi connectivity index (χ2v) is 7.01. The second kappa shape index (κ2) is 8.39. The van der Waals surface area contributed by atoms with Crippen molar-refractivity contribution in [1.29, 1.82) is 0 Å². The van der Waals surface area contributed by atoms with Crippen molar-refractivity contribution in [1.82, 2.24) is 9.88 Å². The van der Waals surface area contributed by atoms with E-state index in [0.717, 1.165) is 56.9 Å². The first-order valence-corrected chi connectivity index (χ1v) is 9.72. The van der Waals surface area contributed by atoms with Crippen LogP contribution >= 0.6 is 0 Å². The number of ether oxygens (including phenoxy) is 1. The maximum Gasteiger partial charge on any atom is 0.321 e. The number of rotatable bonds is 2. The van der Waals surface area contributed by atoms with Crippen molar-refractivity contribution in [2.24, 2.45) is 0 Å². The molecule has 2 aliphatic heterocycles. The van der Waals surface area contributed by atoms with Gasteiger partial charge in [0.2, 0.25) is 0 Å². The molecule has 6 nitrogen and oxygen atoms in total. The van der Waals surface area contributed by atoms with E-state index in [2.05, 4.69) is 39.5 Å². The molecule has 0 saturated carbocycles. The van der Waals surface area contributed by atoms with Crippen molar-refractivity contribution in [3.05, 3.63) is 53.7 Å². The zero-order chi connectivity index (χ0) is 18.5. The van der Waals surface area contributed by atoms with Crippen LogP contribution in [0.25, 0.3) is 0 Å². The summed E-state index contributed by atoms with van der Waals surface area (Å²) < 4.78 is 5.43. The number of aryl methyl sites for hydroxylation is 1. The van der Waals surface area contributed by atoms with Gasteiger partial charge >= 0.3 is 6.03 Å². The number of hydrogen-bond acceptors (Lipinski definition) is 4. The van der Waals surface area contributed by atoms with E-state index in [1.165, 1.54) is 11.1 Å². The number of benzene rings is 1. The smallest absolute Gasteiger partial charge is 0.321 e. The highest BCUT2D eigenvalue weighted by atomic mass is 16.5. The van der Waals surface area contributed by atoms with Crippen molar-refractivity contribution in [2.45, 2.75) is 19.3 Å². The molecule has 0 bridgehead atoms. The Morgan fingerprint density at radius 3 is 2.56 bits per heavy atom. The van der Waals surface area contributed by atoms with Gasteiger partial charge in [0.1, 0.15) is 0 Å². The Balaban J connectivity index is 1.45. The Kier molecular flexibility index (Phi) is 5.53. The van der Waals surface area contributed by atoms with Crippen LogP contribution in [0, 0.1) is 0 Å². The van der Waals surface area contributed by atoms with Crippen LogP contribution in [0.2, 0.25) is 0 Å². The van der Waals surface area contributed by atoms with E-state index < -0.39 is 0 Å². The molecule has 142 valence electrons. The van der Waals surface area contributed by atoms with Crippen molar-refractivity contribution in [2.75, 3.05) is 49.6 Å². The fraction of sp³-hybridized carbons (Fsp3) is 0.429. The number of carbonyl (C=O) groups excluding carboxylic acids is 1. The number of nitrogens with zero attached hydrogens (tertiary/aromatic N) is 3. The molecule has 1 saturated heterocycles. The summed E-state index contributed by atoms with van der Waals surface area (Å²) in [5.74, 6) is 0.825. The Hall–Kier alpha value is -2.60. The van der Waals surface area contributed by atoms with E-state index in [1.54, 1.807) is 6.20 Å². The van der Waals surface area contributed by atoms with Crippen LogP contribution < -0.4 is 10.2 Å². The van der Waals surface area contributed by atoms with Gasteiger partial charge in [-0.25, -0.2) is 9.78 Å². The number of amides is 2. The molecule has 1 aromatic heterocycles. The molecule has 4 rings (SSSR count). The number of anilines is 2. The summed E-state index contributed by atoms with van der Waals surface area (Å²) in [6, 6.07) is 12.3. The molecule has 1 N–H and O–H groups in total. The van der Waals surface area contributed by atoms with E-state index in [4.69, 9.17) is 4.74 Å². The molecule has 2 aliphatic rings. The van der Waals surface area contributed by atoms with Crippen molar-refractivity contribution < 1.29 is 9.53 Å². The topological polar surface area (TPSA) is 57.7 Å². The molecule has 0 atom stereocenters. The van der Waals surface area contributed by atoms with E-state index in [-0.39, 0.29) is 6.03 Å². The average molecular weight is 366 g/mol. The monoisotopic (exact) mass is 366 g/mol. The molecule has 2 amide bonds. The quantitative estimate of drug-likeness (QED) is 0.888. The first-order valence-electron chi connectivity index (χ1n) is 9.72. The summed E-state index contributed by atoms with van der Waals surface area (Å²) in [4.78, 5) is 21.5. The largest absolute Gasteiger partial charge is 0.378 e. The molecule has 0 aliphatic carbocycles. The van der Waals surface area contributed by atoms with Gasteiger partial charge in [-0.3, -0.25) is 0 Å². The zero-order valence-corrected chi connectivity index (χ0v) is 15.6. The van der Waals surface area contributed by atoms with Gasteiger partial charge in [-0.15, -0.1) is 0 Å². The maximum absolute atomic E-state index is 12.9. The van der Waals surface area contributed by atoms with E-state index >= 15 is 0 Å². The third kappa shape index (κ3) is 4.22. The fourth-order valence-corrected chi connectivity index (χ4v) is 3.79. The van der Waals surface area contributed by atoms with Gasteiger partial charge in [-0.1, -0.05) is 24.3 Å². The van der Waals surface area contributed by atoms with Crippen LogP contribution in [0.15, 0.2) is 42.6 Å². The minimum absolute atomic E-state index is 0.0445. The Morgan fingerprint density at radius 1 is 0.963 bits per heavy atom. The summed E-state index contributed by atoms with van der Waals surface area (Å²) in [7, 11) is 0. The standard InChI is InChI=1S/C21H26N4O2/c26-21(25-11-4-7-17-5-1-2-6-18(17)9-12-25)23-19-8-3-10-22-20(19)24-13-15-27-16-14-24/h1-3,5-6,8,10H,4,7,9,11-16H2,(H,23,26). The minimum Gasteiger partial charge on any atom is -0.378 e. The molecule has 3 heterocycles. The highest BCUT2D eigenvalue weighted by molar-refractivity contribution is 5.92. The Labute approximate surface area is 160 Å². The van der Waals surface area contributed by atoms with Crippen molar-refractivity contribution >= 4 is 17.5 Å². The summed E-state index contributed by atoms with van der Waals surface area (Å²) in [6.07, 6.45) is 4.67. The van der Waals surface area contributed by atoms with Gasteiger partial charge < -0.3 is 19.9 Å². The third-order valence-corrected chi connectivity index (χ3v) is 5.27. The first kappa shape index (κ1) is 17.8. The van der Waals surface area contributed by atoms with E-state index in [0.29, 0.717) is 13.2 Å². The van der Waals surface area contributed by atoms with Crippen LogP contribution in [0.1, 0.15) is 17.5 Å². The average Bonchev–Trinajstić information content (AvgIpc) is 2.70. The van der Waals surface area contributed by atoms with E-state index in [9.17, 15) is 4.79 Å². The number of nitrogens with one attached hydrogen (secondary N) is 1. The molecule has 6 heteroatoms. The van der Waals surface area contributed by atoms with Gasteiger partial charge in [0.05, 0.1) is 18.9 Å². The number of aromatic nitrogens is 1. The molecule has 0 spiro atoms. The van der Waals surface area contributed by atoms with Crippen molar-refractivity contribution in [3.8, 4) is 0 Å². The van der Waals surface area contributed by atoms with Crippen LogP contribution in [0.3, 0.4) is 0 Å². The summed E-state index contributed by atoms with van der Waals surface area (Å²) in [6.45, 7) is 4.47. The second-order valence-electron chi connectivity index (χ2n) is 7.01. The lowest BCUT2D eigenvalue weighted by molar-refractivity contribution is 0.122. The fourth-order valence-electron chi connectivity index (χ4n) is 3.79. The molecular weight excluding hydrogens is 340 g/mol. The SMILES string of the molecule is O=C(Nc1cccnc1N1CCOCC1)N1CCCc2ccccc2CC1. The third-order valence-electron chi connectivity index (χ3n) is 5.27. The van der Waals surface area contributed by atoms with Crippen molar-refractivity contribution in [3.63, 3.8) is 0 Å². The maximum atomic E-state index is 12.9. The van der Waals surface area contributed by atoms with Gasteiger partial charge in [-0.2, -0.15) is 0 Å². The first-order chi connectivity index (χ1) is 13.3. The van der Waals surface area contributed by atoms with Gasteiger partial charge in [0, 0.05) is 32.4 Å². The molecule has 0 radical (unpaired) electrons. The zero-order valence-electron chi connectivity index (χ0n) is 15.6. The highest BCUT2D eigenvalue weighted by Crippen LogP contribution is 2.24. The molecule has 1 fully saturated rings. The summed E-state index contributed by atoms with van der Waals surface area (Å²) in [5.41, 5.74) is 3.54. The number of pyridine rings is 1. The lowest BCUT2D eigenvalue weighted by Gasteiger charge is -2.30. The Bertz CT molecular complexity index is 789. The normalized spacial score (nSPS) is 17.6. The summed E-state index contributed by atoms with van der Waals surface area (Å²) >= 11 is 0. The molecular formula is C21H26N4O2. The van der Waals surface area contributed by atoms with Crippen LogP contribution in [0.5, 0.6) is 0 Å². The lowest BCUT2D eigenvalue weighted by Crippen LogP contribution is -2.40. The predicted octanol–water partition coefficient (Wildman–Crippen LogP) is 2.94. The van der Waals surface area contributed by atoms with E-state index in [1.807, 2.05) is 17.0 Å². The van der Waals surface area contributed by atoms with Gasteiger partial charge in [0.15, 0.2) is 5.82 Å². The Morgan fingerprint density at radius 2 is 1.74 bits per heavy atom. The van der Waals surface area contributed by atoms with Crippen LogP contribution in [-0.4, -0.2) is 55.3 Å². The number of carbonyl (C=O) groups is 1. The number of morpholine rings is 1. The molecule has 2 aromatic rings. The number of fused-ring (bicyclic) bond motifs is 1. The van der Waals surface area contributed by atoms with Gasteiger partial charge in [-0.05, 0) is 42.5 Å². The predicted molar refractivity (Wildman–Crippen MR) is 106 cm³/mol. The number of urea groups is 1.